The molecule has 0 spiro atoms. The first kappa shape index (κ1) is 17.8. The van der Waals surface area contributed by atoms with Gasteiger partial charge in [-0.25, -0.2) is 13.1 Å². The van der Waals surface area contributed by atoms with Crippen LogP contribution in [0.1, 0.15) is 32.9 Å². The van der Waals surface area contributed by atoms with Crippen LogP contribution in [-0.2, 0) is 16.4 Å². The number of hydrogen-bond acceptors (Lipinski definition) is 5. The number of sulfonamides is 1. The van der Waals surface area contributed by atoms with Crippen LogP contribution in [0.4, 0.5) is 0 Å². The highest BCUT2D eigenvalue weighted by Gasteiger charge is 2.22. The molecule has 0 aliphatic rings. The fourth-order valence-electron chi connectivity index (χ4n) is 2.53. The highest BCUT2D eigenvalue weighted by molar-refractivity contribution is 7.90. The average molecular weight is 370 g/mol. The number of aromatic nitrogens is 3. The number of hydrogen-bond donors (Lipinski definition) is 2. The first-order chi connectivity index (χ1) is 12.3. The van der Waals surface area contributed by atoms with E-state index in [0.29, 0.717) is 17.7 Å². The van der Waals surface area contributed by atoms with E-state index in [1.165, 1.54) is 18.3 Å². The third-order valence-electron chi connectivity index (χ3n) is 3.82. The average Bonchev–Trinajstić information content (AvgIpc) is 3.11. The summed E-state index contributed by atoms with van der Waals surface area (Å²) in [5.74, 6) is -0.687. The van der Waals surface area contributed by atoms with Crippen LogP contribution < -0.4 is 4.72 Å². The number of benzene rings is 1. The minimum atomic E-state index is -4.02. The molecule has 134 valence electrons. The predicted octanol–water partition coefficient (Wildman–Crippen LogP) is 2.13. The molecular weight excluding hydrogens is 352 g/mol. The Labute approximate surface area is 151 Å². The topological polar surface area (TPSA) is 105 Å². The Balaban J connectivity index is 1.93. The van der Waals surface area contributed by atoms with E-state index in [1.54, 1.807) is 24.4 Å². The van der Waals surface area contributed by atoms with Crippen molar-refractivity contribution in [1.29, 1.82) is 0 Å². The molecule has 0 unspecified atom stereocenters. The molecule has 3 rings (SSSR count). The molecule has 0 radical (unpaired) electrons. The molecule has 0 aliphatic heterocycles. The quantitative estimate of drug-likeness (QED) is 0.716. The summed E-state index contributed by atoms with van der Waals surface area (Å²) in [5, 5.41) is 8.09. The van der Waals surface area contributed by atoms with Crippen LogP contribution in [0.2, 0.25) is 0 Å². The van der Waals surface area contributed by atoms with Gasteiger partial charge in [0.15, 0.2) is 0 Å². The van der Waals surface area contributed by atoms with E-state index in [4.69, 9.17) is 0 Å². The van der Waals surface area contributed by atoms with E-state index < -0.39 is 15.9 Å². The van der Waals surface area contributed by atoms with Gasteiger partial charge in [0.1, 0.15) is 0 Å². The zero-order valence-electron chi connectivity index (χ0n) is 14.4. The molecular formula is C18H18N4O3S. The number of amides is 1. The number of rotatable bonds is 5. The molecule has 7 nitrogen and oxygen atoms in total. The molecule has 0 atom stereocenters. The lowest BCUT2D eigenvalue weighted by Crippen LogP contribution is -2.31. The molecule has 8 heteroatoms. The molecule has 26 heavy (non-hydrogen) atoms. The lowest BCUT2D eigenvalue weighted by atomic mass is 10.1. The summed E-state index contributed by atoms with van der Waals surface area (Å²) in [5.41, 5.74) is 3.14. The van der Waals surface area contributed by atoms with Crippen molar-refractivity contribution in [3.63, 3.8) is 0 Å². The molecule has 2 heterocycles. The van der Waals surface area contributed by atoms with Gasteiger partial charge in [0.25, 0.3) is 15.9 Å². The minimum absolute atomic E-state index is 0.0503. The van der Waals surface area contributed by atoms with Crippen LogP contribution in [0.5, 0.6) is 0 Å². The molecule has 0 bridgehead atoms. The van der Waals surface area contributed by atoms with Crippen molar-refractivity contribution in [3.05, 3.63) is 76.9 Å². The van der Waals surface area contributed by atoms with Crippen molar-refractivity contribution in [2.45, 2.75) is 25.2 Å². The summed E-state index contributed by atoms with van der Waals surface area (Å²) in [7, 11) is -4.02. The van der Waals surface area contributed by atoms with Crippen molar-refractivity contribution in [1.82, 2.24) is 19.9 Å². The number of nitrogens with zero attached hydrogens (tertiary/aromatic N) is 2. The molecule has 0 aliphatic carbocycles. The van der Waals surface area contributed by atoms with Gasteiger partial charge in [-0.1, -0.05) is 17.7 Å². The van der Waals surface area contributed by atoms with E-state index in [1.807, 2.05) is 19.9 Å². The van der Waals surface area contributed by atoms with Crippen molar-refractivity contribution in [2.75, 3.05) is 0 Å². The normalized spacial score (nSPS) is 11.3. The highest BCUT2D eigenvalue weighted by Crippen LogP contribution is 2.20. The molecule has 3 aromatic rings. The molecule has 0 saturated carbocycles. The Morgan fingerprint density at radius 1 is 1.12 bits per heavy atom. The summed E-state index contributed by atoms with van der Waals surface area (Å²) in [6.07, 6.45) is 3.28. The fourth-order valence-corrected chi connectivity index (χ4v) is 3.72. The number of aryl methyl sites for hydroxylation is 2. The zero-order valence-corrected chi connectivity index (χ0v) is 15.2. The summed E-state index contributed by atoms with van der Waals surface area (Å²) >= 11 is 0. The van der Waals surface area contributed by atoms with E-state index in [0.717, 1.165) is 11.3 Å². The third kappa shape index (κ3) is 3.97. The van der Waals surface area contributed by atoms with Crippen molar-refractivity contribution in [2.24, 2.45) is 0 Å². The van der Waals surface area contributed by atoms with Crippen molar-refractivity contribution < 1.29 is 13.2 Å². The Morgan fingerprint density at radius 3 is 2.58 bits per heavy atom. The van der Waals surface area contributed by atoms with E-state index in [-0.39, 0.29) is 10.5 Å². The molecule has 2 aromatic heterocycles. The smallest absolute Gasteiger partial charge is 0.266 e. The first-order valence-corrected chi connectivity index (χ1v) is 9.42. The number of carbonyl (C=O) groups excluding carboxylic acids is 1. The van der Waals surface area contributed by atoms with Gasteiger partial charge in [-0.05, 0) is 43.7 Å². The molecule has 0 saturated heterocycles. The van der Waals surface area contributed by atoms with Gasteiger partial charge in [-0.3, -0.25) is 4.79 Å². The maximum absolute atomic E-state index is 12.7. The second-order valence-electron chi connectivity index (χ2n) is 5.99. The summed E-state index contributed by atoms with van der Waals surface area (Å²) in [6.45, 7) is 3.70. The van der Waals surface area contributed by atoms with Gasteiger partial charge >= 0.3 is 0 Å². The van der Waals surface area contributed by atoms with Crippen molar-refractivity contribution >= 4 is 15.9 Å². The Kier molecular flexibility index (Phi) is 4.85. The van der Waals surface area contributed by atoms with E-state index in [2.05, 4.69) is 19.9 Å². The monoisotopic (exact) mass is 370 g/mol. The molecule has 2 N–H and O–H groups in total. The Bertz CT molecular complexity index is 1030. The van der Waals surface area contributed by atoms with Gasteiger partial charge in [0, 0.05) is 18.8 Å². The Hall–Kier alpha value is -3.00. The maximum atomic E-state index is 12.7. The van der Waals surface area contributed by atoms with Gasteiger partial charge in [0.05, 0.1) is 21.8 Å². The van der Waals surface area contributed by atoms with E-state index >= 15 is 0 Å². The first-order valence-electron chi connectivity index (χ1n) is 7.94. The van der Waals surface area contributed by atoms with Crippen LogP contribution in [0, 0.1) is 13.8 Å². The van der Waals surface area contributed by atoms with Crippen LogP contribution in [0.25, 0.3) is 0 Å². The number of H-pyrrole nitrogens is 1. The number of aromatic amines is 1. The second-order valence-corrected chi connectivity index (χ2v) is 7.64. The molecule has 0 fully saturated rings. The molecule has 1 aromatic carbocycles. The number of carbonyl (C=O) groups is 1. The standard InChI is InChI=1S/C18H18N4O3S/c1-12-3-6-17(15(9-12)10-16-5-4-13(2)20-21-16)26(24,25)22-18(23)14-7-8-19-11-14/h3-9,11,19H,10H2,1-2H3,(H,22,23). The highest BCUT2D eigenvalue weighted by atomic mass is 32.2. The molecule has 1 amide bonds. The van der Waals surface area contributed by atoms with Crippen molar-refractivity contribution in [3.8, 4) is 0 Å². The van der Waals surface area contributed by atoms with Gasteiger partial charge in [-0.15, -0.1) is 0 Å². The predicted molar refractivity (Wildman–Crippen MR) is 96.2 cm³/mol. The lowest BCUT2D eigenvalue weighted by Gasteiger charge is -2.12. The lowest BCUT2D eigenvalue weighted by molar-refractivity contribution is 0.0981. The minimum Gasteiger partial charge on any atom is -0.367 e. The summed E-state index contributed by atoms with van der Waals surface area (Å²) in [6, 6.07) is 10.1. The van der Waals surface area contributed by atoms with E-state index in [9.17, 15) is 13.2 Å². The van der Waals surface area contributed by atoms with Crippen LogP contribution in [0.3, 0.4) is 0 Å². The van der Waals surface area contributed by atoms with Crippen LogP contribution in [-0.4, -0.2) is 29.5 Å². The van der Waals surface area contributed by atoms with Gasteiger partial charge in [0.2, 0.25) is 0 Å². The second kappa shape index (κ2) is 7.09. The van der Waals surface area contributed by atoms with Crippen LogP contribution in [0.15, 0.2) is 53.7 Å². The van der Waals surface area contributed by atoms with Gasteiger partial charge in [-0.2, -0.15) is 10.2 Å². The number of nitrogens with one attached hydrogen (secondary N) is 2. The largest absolute Gasteiger partial charge is 0.367 e. The Morgan fingerprint density at radius 2 is 1.92 bits per heavy atom. The maximum Gasteiger partial charge on any atom is 0.266 e. The summed E-state index contributed by atoms with van der Waals surface area (Å²) < 4.78 is 27.6. The summed E-state index contributed by atoms with van der Waals surface area (Å²) in [4.78, 5) is 14.9. The zero-order chi connectivity index (χ0) is 18.7. The fraction of sp³-hybridized carbons (Fsp3) is 0.167. The van der Waals surface area contributed by atoms with Gasteiger partial charge < -0.3 is 4.98 Å². The third-order valence-corrected chi connectivity index (χ3v) is 5.25. The SMILES string of the molecule is Cc1ccc(S(=O)(=O)NC(=O)c2cc[nH]c2)c(Cc2ccc(C)nn2)c1. The van der Waals surface area contributed by atoms with Crippen LogP contribution >= 0.6 is 0 Å².